The Morgan fingerprint density at radius 1 is 1.05 bits per heavy atom. The van der Waals surface area contributed by atoms with Crippen molar-refractivity contribution >= 4 is 0 Å². The zero-order valence-corrected chi connectivity index (χ0v) is 10.5. The van der Waals surface area contributed by atoms with Crippen molar-refractivity contribution in [3.63, 3.8) is 0 Å². The Labute approximate surface area is 115 Å². The highest BCUT2D eigenvalue weighted by molar-refractivity contribution is 5.39. The lowest BCUT2D eigenvalue weighted by atomic mass is 9.90. The molecular formula is C15H13NO4. The molecule has 1 aliphatic heterocycles. The lowest BCUT2D eigenvalue weighted by Gasteiger charge is -2.32. The van der Waals surface area contributed by atoms with Gasteiger partial charge in [-0.3, -0.25) is 10.1 Å². The van der Waals surface area contributed by atoms with Gasteiger partial charge in [0.2, 0.25) is 0 Å². The number of hydrogen-bond acceptors (Lipinski definition) is 4. The molecule has 0 spiro atoms. The molecule has 0 aromatic heterocycles. The molecule has 0 unspecified atom stereocenters. The fourth-order valence-electron chi connectivity index (χ4n) is 2.52. The summed E-state index contributed by atoms with van der Waals surface area (Å²) in [5, 5.41) is 21.6. The standard InChI is InChI=1S/C15H13NO4/c17-14-11-8-4-5-9-12(11)20-15(13(14)16(18)19)10-6-2-1-3-7-10/h1-9,13-15,17H/t13-,14-,15+/m0/s1. The maximum absolute atomic E-state index is 11.3. The summed E-state index contributed by atoms with van der Waals surface area (Å²) >= 11 is 0. The van der Waals surface area contributed by atoms with Gasteiger partial charge in [0.15, 0.2) is 12.2 Å². The molecule has 3 atom stereocenters. The molecule has 0 radical (unpaired) electrons. The summed E-state index contributed by atoms with van der Waals surface area (Å²) in [5.41, 5.74) is 1.14. The molecule has 1 aliphatic rings. The summed E-state index contributed by atoms with van der Waals surface area (Å²) < 4.78 is 5.76. The SMILES string of the molecule is O=[N+]([O-])[C@@H]1[C@@H](c2ccccc2)Oc2ccccc2[C@@H]1O. The van der Waals surface area contributed by atoms with E-state index in [0.717, 1.165) is 0 Å². The second kappa shape index (κ2) is 4.94. The van der Waals surface area contributed by atoms with E-state index in [-0.39, 0.29) is 0 Å². The third-order valence-corrected chi connectivity index (χ3v) is 3.50. The number of fused-ring (bicyclic) bond motifs is 1. The van der Waals surface area contributed by atoms with E-state index in [1.54, 1.807) is 48.5 Å². The molecule has 20 heavy (non-hydrogen) atoms. The number of nitro groups is 1. The Morgan fingerprint density at radius 3 is 2.40 bits per heavy atom. The molecule has 0 aliphatic carbocycles. The van der Waals surface area contributed by atoms with Crippen LogP contribution in [0.4, 0.5) is 0 Å². The maximum atomic E-state index is 11.3. The average molecular weight is 271 g/mol. The highest BCUT2D eigenvalue weighted by Gasteiger charge is 2.46. The predicted octanol–water partition coefficient (Wildman–Crippen LogP) is 2.50. The monoisotopic (exact) mass is 271 g/mol. The van der Waals surface area contributed by atoms with Gasteiger partial charge in [0.25, 0.3) is 6.04 Å². The molecule has 0 bridgehead atoms. The third kappa shape index (κ3) is 2.02. The Balaban J connectivity index is 2.08. The Kier molecular flexibility index (Phi) is 3.12. The first-order valence-corrected chi connectivity index (χ1v) is 6.30. The number of hydrogen-bond donors (Lipinski definition) is 1. The number of nitrogens with zero attached hydrogens (tertiary/aromatic N) is 1. The number of para-hydroxylation sites is 1. The van der Waals surface area contributed by atoms with Crippen LogP contribution in [-0.2, 0) is 0 Å². The molecule has 1 N–H and O–H groups in total. The minimum atomic E-state index is -1.22. The number of ether oxygens (including phenoxy) is 1. The number of aliphatic hydroxyl groups excluding tert-OH is 1. The van der Waals surface area contributed by atoms with Crippen LogP contribution in [-0.4, -0.2) is 16.1 Å². The molecule has 0 amide bonds. The summed E-state index contributed by atoms with van der Waals surface area (Å²) in [4.78, 5) is 10.8. The normalized spacial score (nSPS) is 24.6. The van der Waals surface area contributed by atoms with Crippen molar-refractivity contribution < 1.29 is 14.8 Å². The minimum absolute atomic E-state index is 0.460. The molecule has 0 fully saturated rings. The third-order valence-electron chi connectivity index (χ3n) is 3.50. The van der Waals surface area contributed by atoms with Gasteiger partial charge < -0.3 is 9.84 Å². The van der Waals surface area contributed by atoms with Gasteiger partial charge in [0.05, 0.1) is 0 Å². The van der Waals surface area contributed by atoms with E-state index in [4.69, 9.17) is 4.74 Å². The molecule has 5 heteroatoms. The van der Waals surface area contributed by atoms with Gasteiger partial charge in [-0.15, -0.1) is 0 Å². The molecule has 2 aromatic carbocycles. The molecular weight excluding hydrogens is 258 g/mol. The van der Waals surface area contributed by atoms with Gasteiger partial charge >= 0.3 is 0 Å². The van der Waals surface area contributed by atoms with Crippen molar-refractivity contribution in [2.45, 2.75) is 18.2 Å². The first-order chi connectivity index (χ1) is 9.68. The van der Waals surface area contributed by atoms with Gasteiger partial charge in [0.1, 0.15) is 5.75 Å². The fourth-order valence-corrected chi connectivity index (χ4v) is 2.52. The Hall–Kier alpha value is -2.40. The van der Waals surface area contributed by atoms with Gasteiger partial charge in [-0.05, 0) is 11.6 Å². The molecule has 3 rings (SSSR count). The molecule has 5 nitrogen and oxygen atoms in total. The largest absolute Gasteiger partial charge is 0.478 e. The van der Waals surface area contributed by atoms with Crippen LogP contribution in [0.15, 0.2) is 54.6 Å². The van der Waals surface area contributed by atoms with Crippen LogP contribution < -0.4 is 4.74 Å². The van der Waals surface area contributed by atoms with Crippen LogP contribution in [0.1, 0.15) is 23.3 Å². The molecule has 2 aromatic rings. The zero-order valence-electron chi connectivity index (χ0n) is 10.5. The number of aliphatic hydroxyl groups is 1. The quantitative estimate of drug-likeness (QED) is 0.672. The van der Waals surface area contributed by atoms with Crippen LogP contribution in [0.3, 0.4) is 0 Å². The van der Waals surface area contributed by atoms with Crippen molar-refractivity contribution in [3.8, 4) is 5.75 Å². The smallest absolute Gasteiger partial charge is 0.283 e. The highest BCUT2D eigenvalue weighted by atomic mass is 16.6. The first-order valence-electron chi connectivity index (χ1n) is 6.30. The average Bonchev–Trinajstić information content (AvgIpc) is 2.47. The van der Waals surface area contributed by atoms with Crippen molar-refractivity contribution in [2.24, 2.45) is 0 Å². The Morgan fingerprint density at radius 2 is 1.70 bits per heavy atom. The van der Waals surface area contributed by atoms with Crippen LogP contribution in [0, 0.1) is 10.1 Å². The van der Waals surface area contributed by atoms with Gasteiger partial charge in [-0.1, -0.05) is 48.5 Å². The second-order valence-electron chi connectivity index (χ2n) is 4.71. The van der Waals surface area contributed by atoms with Gasteiger partial charge in [0, 0.05) is 10.5 Å². The minimum Gasteiger partial charge on any atom is -0.478 e. The van der Waals surface area contributed by atoms with Gasteiger partial charge in [-0.2, -0.15) is 0 Å². The van der Waals surface area contributed by atoms with Crippen LogP contribution >= 0.6 is 0 Å². The van der Waals surface area contributed by atoms with Crippen LogP contribution in [0.2, 0.25) is 0 Å². The topological polar surface area (TPSA) is 72.6 Å². The summed E-state index contributed by atoms with van der Waals surface area (Å²) in [6.07, 6.45) is -1.98. The summed E-state index contributed by atoms with van der Waals surface area (Å²) in [5.74, 6) is 0.493. The number of rotatable bonds is 2. The summed E-state index contributed by atoms with van der Waals surface area (Å²) in [7, 11) is 0. The van der Waals surface area contributed by atoms with Crippen molar-refractivity contribution in [2.75, 3.05) is 0 Å². The zero-order chi connectivity index (χ0) is 14.1. The van der Waals surface area contributed by atoms with E-state index < -0.39 is 23.2 Å². The molecule has 0 saturated carbocycles. The van der Waals surface area contributed by atoms with E-state index in [0.29, 0.717) is 16.9 Å². The molecule has 0 saturated heterocycles. The van der Waals surface area contributed by atoms with E-state index in [9.17, 15) is 15.2 Å². The number of benzene rings is 2. The highest BCUT2D eigenvalue weighted by Crippen LogP contribution is 2.41. The molecule has 1 heterocycles. The van der Waals surface area contributed by atoms with Crippen LogP contribution in [0.25, 0.3) is 0 Å². The van der Waals surface area contributed by atoms with Crippen LogP contribution in [0.5, 0.6) is 5.75 Å². The Bertz CT molecular complexity index is 629. The van der Waals surface area contributed by atoms with Crippen molar-refractivity contribution in [1.82, 2.24) is 0 Å². The molecule has 102 valence electrons. The lowest BCUT2D eigenvalue weighted by molar-refractivity contribution is -0.549. The van der Waals surface area contributed by atoms with Gasteiger partial charge in [-0.25, -0.2) is 0 Å². The summed E-state index contributed by atoms with van der Waals surface area (Å²) in [6, 6.07) is 14.6. The van der Waals surface area contributed by atoms with E-state index >= 15 is 0 Å². The lowest BCUT2D eigenvalue weighted by Crippen LogP contribution is -2.40. The summed E-state index contributed by atoms with van der Waals surface area (Å²) in [6.45, 7) is 0. The van der Waals surface area contributed by atoms with E-state index in [1.165, 1.54) is 0 Å². The second-order valence-corrected chi connectivity index (χ2v) is 4.71. The van der Waals surface area contributed by atoms with E-state index in [1.807, 2.05) is 6.07 Å². The van der Waals surface area contributed by atoms with Crippen molar-refractivity contribution in [3.05, 3.63) is 75.8 Å². The van der Waals surface area contributed by atoms with E-state index in [2.05, 4.69) is 0 Å². The predicted molar refractivity (Wildman–Crippen MR) is 72.0 cm³/mol. The van der Waals surface area contributed by atoms with Crippen molar-refractivity contribution in [1.29, 1.82) is 0 Å². The first kappa shape index (κ1) is 12.6. The maximum Gasteiger partial charge on any atom is 0.283 e. The fraction of sp³-hybridized carbons (Fsp3) is 0.200.